The molecule has 0 fully saturated rings. The summed E-state index contributed by atoms with van der Waals surface area (Å²) in [5, 5.41) is 2.75. The first kappa shape index (κ1) is 22.2. The van der Waals surface area contributed by atoms with Gasteiger partial charge in [-0.05, 0) is 50.2 Å². The Hall–Kier alpha value is -2.13. The second-order valence-corrected chi connectivity index (χ2v) is 9.42. The molecule has 1 aromatic heterocycles. The minimum absolute atomic E-state index is 0.0216. The molecule has 0 radical (unpaired) electrons. The van der Waals surface area contributed by atoms with Crippen LogP contribution in [-0.2, 0) is 20.6 Å². The molecule has 0 aliphatic rings. The molecule has 1 heterocycles. The van der Waals surface area contributed by atoms with E-state index in [9.17, 15) is 13.2 Å². The van der Waals surface area contributed by atoms with Gasteiger partial charge in [0.05, 0.1) is 30.1 Å². The molecule has 0 aliphatic heterocycles. The van der Waals surface area contributed by atoms with Crippen LogP contribution in [0.3, 0.4) is 0 Å². The number of nitrogens with zero attached hydrogens (tertiary/aromatic N) is 1. The molecule has 0 bridgehead atoms. The van der Waals surface area contributed by atoms with Crippen LogP contribution in [0.1, 0.15) is 19.6 Å². The lowest BCUT2D eigenvalue weighted by Gasteiger charge is -2.22. The fraction of sp³-hybridized carbons (Fsp3) is 0.421. The second kappa shape index (κ2) is 10.4. The number of benzene rings is 1. The maximum absolute atomic E-state index is 12.2. The number of nitrogens with one attached hydrogen (secondary N) is 1. The van der Waals surface area contributed by atoms with Crippen molar-refractivity contribution in [1.29, 1.82) is 0 Å². The summed E-state index contributed by atoms with van der Waals surface area (Å²) in [7, 11) is -3.60. The van der Waals surface area contributed by atoms with Crippen LogP contribution in [0, 0.1) is 0 Å². The topological polar surface area (TPSA) is 88.8 Å². The maximum atomic E-state index is 12.2. The fourth-order valence-corrected chi connectivity index (χ4v) is 3.99. The van der Waals surface area contributed by atoms with Crippen LogP contribution >= 0.6 is 11.8 Å². The molecule has 2 aromatic rings. The van der Waals surface area contributed by atoms with Crippen LogP contribution in [0.4, 0.5) is 5.69 Å². The van der Waals surface area contributed by atoms with E-state index < -0.39 is 10.0 Å². The van der Waals surface area contributed by atoms with Crippen LogP contribution in [-0.4, -0.2) is 45.5 Å². The van der Waals surface area contributed by atoms with Crippen molar-refractivity contribution < 1.29 is 22.4 Å². The number of ether oxygens (including phenoxy) is 1. The smallest absolute Gasteiger partial charge is 0.240 e. The maximum Gasteiger partial charge on any atom is 0.240 e. The van der Waals surface area contributed by atoms with Gasteiger partial charge in [-0.3, -0.25) is 9.10 Å². The number of amides is 1. The summed E-state index contributed by atoms with van der Waals surface area (Å²) in [6.07, 6.45) is 2.73. The normalized spacial score (nSPS) is 11.4. The molecule has 0 unspecified atom stereocenters. The first-order valence-corrected chi connectivity index (χ1v) is 11.9. The van der Waals surface area contributed by atoms with Crippen molar-refractivity contribution in [2.75, 3.05) is 29.4 Å². The molecule has 0 atom stereocenters. The molecule has 0 aliphatic carbocycles. The molecule has 1 aromatic carbocycles. The third-order valence-electron chi connectivity index (χ3n) is 3.58. The van der Waals surface area contributed by atoms with Gasteiger partial charge in [0, 0.05) is 12.3 Å². The average Bonchev–Trinajstić information content (AvgIpc) is 3.12. The molecule has 28 heavy (non-hydrogen) atoms. The van der Waals surface area contributed by atoms with E-state index in [0.717, 1.165) is 22.1 Å². The van der Waals surface area contributed by atoms with Crippen molar-refractivity contribution in [2.45, 2.75) is 25.7 Å². The Kier molecular flexibility index (Phi) is 8.25. The molecule has 0 saturated carbocycles. The minimum atomic E-state index is -3.60. The molecule has 1 N–H and O–H groups in total. The zero-order valence-electron chi connectivity index (χ0n) is 16.3. The van der Waals surface area contributed by atoms with Crippen LogP contribution in [0.15, 0.2) is 47.1 Å². The Morgan fingerprint density at radius 1 is 1.25 bits per heavy atom. The number of hydrogen-bond acceptors (Lipinski definition) is 6. The number of carbonyl (C=O) groups excluding carboxylic acids is 1. The van der Waals surface area contributed by atoms with Gasteiger partial charge in [0.15, 0.2) is 0 Å². The minimum Gasteiger partial charge on any atom is -0.491 e. The highest BCUT2D eigenvalue weighted by Gasteiger charge is 2.20. The number of carbonyl (C=O) groups is 1. The molecular formula is C19H26N2O5S2. The molecular weight excluding hydrogens is 400 g/mol. The third kappa shape index (κ3) is 7.47. The van der Waals surface area contributed by atoms with Gasteiger partial charge in [-0.25, -0.2) is 8.42 Å². The molecule has 0 spiro atoms. The van der Waals surface area contributed by atoms with E-state index in [0.29, 0.717) is 23.7 Å². The number of rotatable bonds is 11. The predicted octanol–water partition coefficient (Wildman–Crippen LogP) is 2.88. The lowest BCUT2D eigenvalue weighted by Crippen LogP contribution is -2.41. The molecule has 0 saturated heterocycles. The zero-order chi connectivity index (χ0) is 20.6. The highest BCUT2D eigenvalue weighted by atomic mass is 32.2. The van der Waals surface area contributed by atoms with Crippen LogP contribution in [0.2, 0.25) is 0 Å². The van der Waals surface area contributed by atoms with Crippen molar-refractivity contribution in [1.82, 2.24) is 5.32 Å². The first-order chi connectivity index (χ1) is 13.3. The van der Waals surface area contributed by atoms with Crippen molar-refractivity contribution in [3.05, 3.63) is 48.4 Å². The molecule has 1 amide bonds. The van der Waals surface area contributed by atoms with Crippen LogP contribution in [0.5, 0.6) is 5.75 Å². The Morgan fingerprint density at radius 2 is 1.96 bits per heavy atom. The Bertz CT molecular complexity index is 834. The summed E-state index contributed by atoms with van der Waals surface area (Å²) in [6.45, 7) is 4.00. The van der Waals surface area contributed by atoms with Crippen LogP contribution in [0.25, 0.3) is 0 Å². The Labute approximate surface area is 170 Å². The number of hydrogen-bond donors (Lipinski definition) is 1. The lowest BCUT2D eigenvalue weighted by atomic mass is 10.3. The van der Waals surface area contributed by atoms with Crippen LogP contribution < -0.4 is 14.4 Å². The lowest BCUT2D eigenvalue weighted by molar-refractivity contribution is -0.119. The summed E-state index contributed by atoms with van der Waals surface area (Å²) < 4.78 is 36.2. The largest absolute Gasteiger partial charge is 0.491 e. The third-order valence-corrected chi connectivity index (χ3v) is 5.70. The van der Waals surface area contributed by atoms with Gasteiger partial charge in [0.1, 0.15) is 18.1 Å². The average molecular weight is 427 g/mol. The van der Waals surface area contributed by atoms with E-state index in [4.69, 9.17) is 9.15 Å². The second-order valence-electron chi connectivity index (χ2n) is 6.41. The quantitative estimate of drug-likeness (QED) is 0.556. The number of sulfonamides is 1. The van der Waals surface area contributed by atoms with E-state index >= 15 is 0 Å². The monoisotopic (exact) mass is 426 g/mol. The first-order valence-electron chi connectivity index (χ1n) is 8.87. The van der Waals surface area contributed by atoms with E-state index in [1.165, 1.54) is 0 Å². The highest BCUT2D eigenvalue weighted by Crippen LogP contribution is 2.22. The van der Waals surface area contributed by atoms with Gasteiger partial charge in [0.25, 0.3) is 0 Å². The van der Waals surface area contributed by atoms with Gasteiger partial charge in [-0.2, -0.15) is 11.8 Å². The Balaban J connectivity index is 1.86. The SMILES string of the molecule is CC(C)Oc1ccc(N(CC(=O)NCCSCc2ccco2)S(C)(=O)=O)cc1. The number of anilines is 1. The van der Waals surface area contributed by atoms with Crippen molar-refractivity contribution >= 4 is 33.4 Å². The van der Waals surface area contributed by atoms with Crippen molar-refractivity contribution in [3.63, 3.8) is 0 Å². The van der Waals surface area contributed by atoms with Gasteiger partial charge in [0.2, 0.25) is 15.9 Å². The van der Waals surface area contributed by atoms with E-state index in [2.05, 4.69) is 5.32 Å². The molecule has 9 heteroatoms. The van der Waals surface area contributed by atoms with Gasteiger partial charge >= 0.3 is 0 Å². The Morgan fingerprint density at radius 3 is 2.54 bits per heavy atom. The summed E-state index contributed by atoms with van der Waals surface area (Å²) in [4.78, 5) is 12.2. The molecule has 2 rings (SSSR count). The zero-order valence-corrected chi connectivity index (χ0v) is 17.9. The van der Waals surface area contributed by atoms with E-state index in [1.807, 2.05) is 26.0 Å². The number of furan rings is 1. The van der Waals surface area contributed by atoms with Gasteiger partial charge in [-0.15, -0.1) is 0 Å². The van der Waals surface area contributed by atoms with Gasteiger partial charge in [-0.1, -0.05) is 0 Å². The summed E-state index contributed by atoms with van der Waals surface area (Å²) in [5.74, 6) is 2.59. The standard InChI is InChI=1S/C19H26N2O5S2/c1-15(2)26-17-8-6-16(7-9-17)21(28(3,23)24)13-19(22)20-10-12-27-14-18-5-4-11-25-18/h4-9,11,15H,10,12-14H2,1-3H3,(H,20,22). The van der Waals surface area contributed by atoms with E-state index in [1.54, 1.807) is 42.3 Å². The van der Waals surface area contributed by atoms with Crippen molar-refractivity contribution in [2.24, 2.45) is 0 Å². The number of thioether (sulfide) groups is 1. The summed E-state index contributed by atoms with van der Waals surface area (Å²) in [6, 6.07) is 10.4. The molecule has 154 valence electrons. The summed E-state index contributed by atoms with van der Waals surface area (Å²) >= 11 is 1.63. The van der Waals surface area contributed by atoms with E-state index in [-0.39, 0.29) is 18.6 Å². The summed E-state index contributed by atoms with van der Waals surface area (Å²) in [5.41, 5.74) is 0.418. The highest BCUT2D eigenvalue weighted by molar-refractivity contribution is 7.98. The van der Waals surface area contributed by atoms with Crippen molar-refractivity contribution in [3.8, 4) is 5.75 Å². The van der Waals surface area contributed by atoms with Gasteiger partial charge < -0.3 is 14.5 Å². The fourth-order valence-electron chi connectivity index (χ4n) is 2.38. The predicted molar refractivity (Wildman–Crippen MR) is 112 cm³/mol. The molecule has 7 nitrogen and oxygen atoms in total.